The van der Waals surface area contributed by atoms with Crippen LogP contribution < -0.4 is 5.32 Å². The predicted molar refractivity (Wildman–Crippen MR) is 80.6 cm³/mol. The summed E-state index contributed by atoms with van der Waals surface area (Å²) in [6.45, 7) is 7.82. The second-order valence-corrected chi connectivity index (χ2v) is 6.25. The minimum Gasteiger partial charge on any atom is -0.319 e. The lowest BCUT2D eigenvalue weighted by Gasteiger charge is -2.23. The molecule has 1 N–H and O–H groups in total. The summed E-state index contributed by atoms with van der Waals surface area (Å²) < 4.78 is 2.33. The molecule has 1 saturated carbocycles. The normalized spacial score (nSPS) is 18.7. The van der Waals surface area contributed by atoms with E-state index in [-0.39, 0.29) is 0 Å². The van der Waals surface area contributed by atoms with Crippen LogP contribution in [0.3, 0.4) is 0 Å². The number of aromatic nitrogens is 2. The van der Waals surface area contributed by atoms with Crippen molar-refractivity contribution >= 4 is 0 Å². The lowest BCUT2D eigenvalue weighted by atomic mass is 9.95. The highest BCUT2D eigenvalue weighted by atomic mass is 15.3. The van der Waals surface area contributed by atoms with E-state index in [0.717, 1.165) is 13.0 Å². The van der Waals surface area contributed by atoms with E-state index < -0.39 is 0 Å². The number of aryl methyl sites for hydroxylation is 1. The number of hydrogen-bond donors (Lipinski definition) is 1. The molecule has 19 heavy (non-hydrogen) atoms. The van der Waals surface area contributed by atoms with Gasteiger partial charge in [-0.1, -0.05) is 26.2 Å². The van der Waals surface area contributed by atoms with Crippen LogP contribution in [0.5, 0.6) is 0 Å². The maximum absolute atomic E-state index is 4.84. The van der Waals surface area contributed by atoms with E-state index in [1.54, 1.807) is 0 Å². The van der Waals surface area contributed by atoms with Crippen molar-refractivity contribution < 1.29 is 0 Å². The van der Waals surface area contributed by atoms with E-state index in [2.05, 4.69) is 30.8 Å². The summed E-state index contributed by atoms with van der Waals surface area (Å²) in [6.07, 6.45) is 7.91. The zero-order valence-electron chi connectivity index (χ0n) is 13.0. The van der Waals surface area contributed by atoms with Crippen LogP contribution in [0.25, 0.3) is 0 Å². The van der Waals surface area contributed by atoms with Gasteiger partial charge in [0.1, 0.15) is 0 Å². The Hall–Kier alpha value is -0.830. The van der Waals surface area contributed by atoms with Gasteiger partial charge in [0.05, 0.1) is 11.7 Å². The Morgan fingerprint density at radius 3 is 2.58 bits per heavy atom. The monoisotopic (exact) mass is 263 g/mol. The van der Waals surface area contributed by atoms with Gasteiger partial charge in [0.25, 0.3) is 0 Å². The van der Waals surface area contributed by atoms with Crippen LogP contribution in [-0.2, 0) is 6.42 Å². The molecule has 0 spiro atoms. The first-order chi connectivity index (χ1) is 9.13. The fourth-order valence-electron chi connectivity index (χ4n) is 3.44. The molecule has 0 bridgehead atoms. The van der Waals surface area contributed by atoms with Gasteiger partial charge in [-0.25, -0.2) is 0 Å². The number of nitrogens with zero attached hydrogens (tertiary/aromatic N) is 2. The van der Waals surface area contributed by atoms with Crippen LogP contribution in [-0.4, -0.2) is 23.4 Å². The van der Waals surface area contributed by atoms with Gasteiger partial charge >= 0.3 is 0 Å². The van der Waals surface area contributed by atoms with Crippen LogP contribution in [0.1, 0.15) is 62.0 Å². The summed E-state index contributed by atoms with van der Waals surface area (Å²) >= 11 is 0. The quantitative estimate of drug-likeness (QED) is 0.882. The molecule has 3 nitrogen and oxygen atoms in total. The van der Waals surface area contributed by atoms with Crippen molar-refractivity contribution in [2.45, 2.75) is 65.3 Å². The third-order valence-electron chi connectivity index (χ3n) is 4.50. The lowest BCUT2D eigenvalue weighted by molar-refractivity contribution is 0.323. The summed E-state index contributed by atoms with van der Waals surface area (Å²) in [5.74, 6) is 0.673. The standard InChI is InChI=1S/C16H29N3/c1-12(11-17-4)10-16-13(2)18-19(14(16)3)15-8-6-5-7-9-15/h12,15,17H,5-11H2,1-4H3. The second-order valence-electron chi connectivity index (χ2n) is 6.25. The minimum atomic E-state index is 0.654. The van der Waals surface area contributed by atoms with Gasteiger partial charge < -0.3 is 5.32 Å². The van der Waals surface area contributed by atoms with Crippen molar-refractivity contribution in [3.8, 4) is 0 Å². The molecule has 1 aromatic rings. The highest BCUT2D eigenvalue weighted by Gasteiger charge is 2.21. The fourth-order valence-corrected chi connectivity index (χ4v) is 3.44. The SMILES string of the molecule is CNCC(C)Cc1c(C)nn(C2CCCCC2)c1C. The Labute approximate surface area is 117 Å². The molecule has 1 aromatic heterocycles. The third kappa shape index (κ3) is 3.38. The van der Waals surface area contributed by atoms with Gasteiger partial charge in [-0.3, -0.25) is 4.68 Å². The Balaban J connectivity index is 2.14. The third-order valence-corrected chi connectivity index (χ3v) is 4.50. The van der Waals surface area contributed by atoms with Gasteiger partial charge in [-0.15, -0.1) is 0 Å². The number of hydrogen-bond acceptors (Lipinski definition) is 2. The molecule has 1 atom stereocenters. The van der Waals surface area contributed by atoms with E-state index in [1.165, 1.54) is 49.1 Å². The Kier molecular flexibility index (Phi) is 5.03. The zero-order valence-corrected chi connectivity index (χ0v) is 13.0. The molecule has 1 fully saturated rings. The molecule has 1 heterocycles. The first kappa shape index (κ1) is 14.6. The van der Waals surface area contributed by atoms with E-state index >= 15 is 0 Å². The highest BCUT2D eigenvalue weighted by Crippen LogP contribution is 2.30. The average Bonchev–Trinajstić information content (AvgIpc) is 2.68. The Morgan fingerprint density at radius 1 is 1.26 bits per heavy atom. The molecule has 0 amide bonds. The molecular formula is C16H29N3. The largest absolute Gasteiger partial charge is 0.319 e. The maximum atomic E-state index is 4.84. The van der Waals surface area contributed by atoms with E-state index in [9.17, 15) is 0 Å². The Bertz CT molecular complexity index is 402. The molecule has 108 valence electrons. The number of rotatable bonds is 5. The van der Waals surface area contributed by atoms with Crippen molar-refractivity contribution in [1.82, 2.24) is 15.1 Å². The van der Waals surface area contributed by atoms with E-state index in [0.29, 0.717) is 12.0 Å². The predicted octanol–water partition coefficient (Wildman–Crippen LogP) is 3.40. The first-order valence-corrected chi connectivity index (χ1v) is 7.82. The van der Waals surface area contributed by atoms with Gasteiger partial charge in [0, 0.05) is 5.69 Å². The molecule has 3 heteroatoms. The lowest BCUT2D eigenvalue weighted by Crippen LogP contribution is -2.19. The van der Waals surface area contributed by atoms with Gasteiger partial charge in [-0.05, 0) is 58.2 Å². The van der Waals surface area contributed by atoms with Crippen LogP contribution in [0.4, 0.5) is 0 Å². The van der Waals surface area contributed by atoms with Gasteiger partial charge in [0.15, 0.2) is 0 Å². The molecule has 0 aliphatic heterocycles. The van der Waals surface area contributed by atoms with E-state index in [4.69, 9.17) is 5.10 Å². The average molecular weight is 263 g/mol. The minimum absolute atomic E-state index is 0.654. The van der Waals surface area contributed by atoms with Gasteiger partial charge in [-0.2, -0.15) is 5.10 Å². The number of nitrogens with one attached hydrogen (secondary N) is 1. The first-order valence-electron chi connectivity index (χ1n) is 7.82. The highest BCUT2D eigenvalue weighted by molar-refractivity contribution is 5.25. The summed E-state index contributed by atoms with van der Waals surface area (Å²) in [6, 6.07) is 0.654. The van der Waals surface area contributed by atoms with Gasteiger partial charge in [0.2, 0.25) is 0 Å². The van der Waals surface area contributed by atoms with Crippen molar-refractivity contribution in [3.05, 3.63) is 17.0 Å². The zero-order chi connectivity index (χ0) is 13.8. The van der Waals surface area contributed by atoms with Crippen molar-refractivity contribution in [3.63, 3.8) is 0 Å². The van der Waals surface area contributed by atoms with E-state index in [1.807, 2.05) is 7.05 Å². The summed E-state index contributed by atoms with van der Waals surface area (Å²) in [4.78, 5) is 0. The molecule has 0 saturated heterocycles. The molecule has 1 unspecified atom stereocenters. The molecule has 1 aliphatic carbocycles. The summed E-state index contributed by atoms with van der Waals surface area (Å²) in [7, 11) is 2.03. The van der Waals surface area contributed by atoms with Crippen LogP contribution in [0.15, 0.2) is 0 Å². The van der Waals surface area contributed by atoms with Crippen molar-refractivity contribution in [2.24, 2.45) is 5.92 Å². The van der Waals surface area contributed by atoms with Crippen LogP contribution in [0, 0.1) is 19.8 Å². The Morgan fingerprint density at radius 2 is 1.95 bits per heavy atom. The van der Waals surface area contributed by atoms with Crippen LogP contribution in [0.2, 0.25) is 0 Å². The van der Waals surface area contributed by atoms with Crippen molar-refractivity contribution in [1.29, 1.82) is 0 Å². The molecule has 2 rings (SSSR count). The molecule has 0 radical (unpaired) electrons. The summed E-state index contributed by atoms with van der Waals surface area (Å²) in [5, 5.41) is 8.11. The summed E-state index contributed by atoms with van der Waals surface area (Å²) in [5.41, 5.74) is 4.13. The maximum Gasteiger partial charge on any atom is 0.0628 e. The fraction of sp³-hybridized carbons (Fsp3) is 0.812. The van der Waals surface area contributed by atoms with Crippen molar-refractivity contribution in [2.75, 3.05) is 13.6 Å². The van der Waals surface area contributed by atoms with Crippen LogP contribution >= 0.6 is 0 Å². The molecular weight excluding hydrogens is 234 g/mol. The second kappa shape index (κ2) is 6.56. The topological polar surface area (TPSA) is 29.9 Å². The molecule has 1 aliphatic rings. The smallest absolute Gasteiger partial charge is 0.0628 e. The molecule has 0 aromatic carbocycles.